The molecule has 0 spiro atoms. The van der Waals surface area contributed by atoms with E-state index in [4.69, 9.17) is 4.74 Å². The molecular formula is C15H31N3O3S. The van der Waals surface area contributed by atoms with Crippen molar-refractivity contribution < 1.29 is 13.2 Å². The van der Waals surface area contributed by atoms with Crippen molar-refractivity contribution in [1.82, 2.24) is 10.2 Å². The van der Waals surface area contributed by atoms with Crippen molar-refractivity contribution in [3.05, 3.63) is 0 Å². The van der Waals surface area contributed by atoms with Gasteiger partial charge in [0, 0.05) is 33.8 Å². The average Bonchev–Trinajstić information content (AvgIpc) is 3.22. The lowest BCUT2D eigenvalue weighted by Crippen LogP contribution is -2.43. The molecule has 22 heavy (non-hydrogen) atoms. The highest BCUT2D eigenvalue weighted by Gasteiger charge is 2.28. The predicted octanol–water partition coefficient (Wildman–Crippen LogP) is 1.13. The molecule has 1 N–H and O–H groups in total. The zero-order valence-electron chi connectivity index (χ0n) is 14.6. The molecule has 0 aromatic heterocycles. The number of hydrogen-bond donors (Lipinski definition) is 1. The molecule has 1 aliphatic rings. The molecule has 7 heteroatoms. The number of aliphatic imine (C=N–C) groups is 1. The van der Waals surface area contributed by atoms with E-state index in [2.05, 4.69) is 10.3 Å². The van der Waals surface area contributed by atoms with Crippen molar-refractivity contribution in [2.75, 3.05) is 46.2 Å². The van der Waals surface area contributed by atoms with Gasteiger partial charge in [-0.1, -0.05) is 0 Å². The molecule has 130 valence electrons. The second-order valence-corrected chi connectivity index (χ2v) is 9.71. The minimum absolute atomic E-state index is 0.0987. The van der Waals surface area contributed by atoms with Crippen LogP contribution in [0.25, 0.3) is 0 Å². The molecule has 1 fully saturated rings. The lowest BCUT2D eigenvalue weighted by Gasteiger charge is -2.23. The van der Waals surface area contributed by atoms with Crippen LogP contribution in [0.1, 0.15) is 33.6 Å². The van der Waals surface area contributed by atoms with E-state index in [0.29, 0.717) is 19.1 Å². The molecule has 0 atom stereocenters. The van der Waals surface area contributed by atoms with Crippen LogP contribution in [0.4, 0.5) is 0 Å². The average molecular weight is 333 g/mol. The van der Waals surface area contributed by atoms with E-state index in [-0.39, 0.29) is 5.75 Å². The Labute approximate surface area is 135 Å². The van der Waals surface area contributed by atoms with Gasteiger partial charge in [0.15, 0.2) is 15.8 Å². The lowest BCUT2D eigenvalue weighted by atomic mass is 10.3. The number of nitrogens with one attached hydrogen (secondary N) is 1. The summed E-state index contributed by atoms with van der Waals surface area (Å²) in [5, 5.41) is 3.10. The summed E-state index contributed by atoms with van der Waals surface area (Å²) in [6.45, 7) is 7.77. The molecule has 1 aliphatic carbocycles. The first kappa shape index (κ1) is 19.2. The Hall–Kier alpha value is -0.820. The maximum Gasteiger partial charge on any atom is 0.193 e. The second-order valence-electron chi connectivity index (χ2n) is 6.85. The van der Waals surface area contributed by atoms with Gasteiger partial charge in [0.1, 0.15) is 0 Å². The molecule has 0 amide bonds. The van der Waals surface area contributed by atoms with E-state index in [0.717, 1.165) is 19.1 Å². The monoisotopic (exact) mass is 333 g/mol. The van der Waals surface area contributed by atoms with E-state index < -0.39 is 14.6 Å². The maximum absolute atomic E-state index is 12.1. The fraction of sp³-hybridized carbons (Fsp3) is 0.933. The molecular weight excluding hydrogens is 302 g/mol. The first-order valence-electron chi connectivity index (χ1n) is 7.89. The largest absolute Gasteiger partial charge is 0.379 e. The van der Waals surface area contributed by atoms with Crippen LogP contribution < -0.4 is 5.32 Å². The Kier molecular flexibility index (Phi) is 7.12. The van der Waals surface area contributed by atoms with E-state index in [1.165, 1.54) is 12.8 Å². The van der Waals surface area contributed by atoms with Gasteiger partial charge in [-0.15, -0.1) is 0 Å². The number of hydrogen-bond acceptors (Lipinski definition) is 4. The minimum Gasteiger partial charge on any atom is -0.379 e. The molecule has 0 bridgehead atoms. The Morgan fingerprint density at radius 1 is 1.36 bits per heavy atom. The predicted molar refractivity (Wildman–Crippen MR) is 91.1 cm³/mol. The molecule has 0 aliphatic heterocycles. The smallest absolute Gasteiger partial charge is 0.193 e. The van der Waals surface area contributed by atoms with Gasteiger partial charge in [0.2, 0.25) is 0 Å². The van der Waals surface area contributed by atoms with Gasteiger partial charge in [-0.2, -0.15) is 0 Å². The molecule has 1 saturated carbocycles. The van der Waals surface area contributed by atoms with Crippen molar-refractivity contribution >= 4 is 15.8 Å². The molecule has 0 aromatic rings. The number of likely N-dealkylation sites (N-methyl/N-ethyl adjacent to an activating group) is 1. The highest BCUT2D eigenvalue weighted by molar-refractivity contribution is 7.92. The highest BCUT2D eigenvalue weighted by Crippen LogP contribution is 2.28. The van der Waals surface area contributed by atoms with Crippen LogP contribution in [0, 0.1) is 5.92 Å². The van der Waals surface area contributed by atoms with Gasteiger partial charge in [0.25, 0.3) is 0 Å². The van der Waals surface area contributed by atoms with Crippen molar-refractivity contribution in [3.63, 3.8) is 0 Å². The maximum atomic E-state index is 12.1. The minimum atomic E-state index is -3.11. The van der Waals surface area contributed by atoms with Crippen LogP contribution in [-0.2, 0) is 14.6 Å². The second kappa shape index (κ2) is 8.15. The summed E-state index contributed by atoms with van der Waals surface area (Å²) in [4.78, 5) is 6.13. The van der Waals surface area contributed by atoms with Crippen molar-refractivity contribution in [3.8, 4) is 0 Å². The summed E-state index contributed by atoms with van der Waals surface area (Å²) in [6, 6.07) is 0. The molecule has 0 aromatic carbocycles. The standard InChI is InChI=1S/C15H31N3O3S/c1-15(2,3)22(19,20)11-8-17-14(16-4)18(5)9-10-21-12-13-6-7-13/h13H,6-12H2,1-5H3,(H,16,17). The first-order valence-corrected chi connectivity index (χ1v) is 9.54. The Morgan fingerprint density at radius 2 is 2.00 bits per heavy atom. The van der Waals surface area contributed by atoms with Gasteiger partial charge >= 0.3 is 0 Å². The lowest BCUT2D eigenvalue weighted by molar-refractivity contribution is 0.115. The molecule has 1 rings (SSSR count). The van der Waals surface area contributed by atoms with E-state index in [1.807, 2.05) is 11.9 Å². The fourth-order valence-electron chi connectivity index (χ4n) is 1.83. The summed E-state index contributed by atoms with van der Waals surface area (Å²) in [7, 11) is 0.510. The molecule has 0 unspecified atom stereocenters. The van der Waals surface area contributed by atoms with Gasteiger partial charge in [0.05, 0.1) is 17.1 Å². The Bertz CT molecular complexity index is 465. The van der Waals surface area contributed by atoms with Crippen LogP contribution in [0.3, 0.4) is 0 Å². The van der Waals surface area contributed by atoms with Gasteiger partial charge in [-0.25, -0.2) is 8.42 Å². The fourth-order valence-corrected chi connectivity index (χ4v) is 2.81. The normalized spacial score (nSPS) is 16.7. The molecule has 0 saturated heterocycles. The van der Waals surface area contributed by atoms with Crippen LogP contribution in [0.2, 0.25) is 0 Å². The SMILES string of the molecule is CN=C(NCCS(=O)(=O)C(C)(C)C)N(C)CCOCC1CC1. The number of guanidine groups is 1. The summed E-state index contributed by atoms with van der Waals surface area (Å²) in [5.74, 6) is 1.56. The third-order valence-electron chi connectivity index (χ3n) is 3.78. The van der Waals surface area contributed by atoms with Crippen LogP contribution in [0.5, 0.6) is 0 Å². The zero-order valence-corrected chi connectivity index (χ0v) is 15.4. The first-order chi connectivity index (χ1) is 10.2. The number of sulfone groups is 1. The topological polar surface area (TPSA) is 71.0 Å². The third kappa shape index (κ3) is 6.52. The van der Waals surface area contributed by atoms with Crippen molar-refractivity contribution in [1.29, 1.82) is 0 Å². The quantitative estimate of drug-likeness (QED) is 0.410. The Morgan fingerprint density at radius 3 is 2.50 bits per heavy atom. The Balaban J connectivity index is 2.28. The zero-order chi connectivity index (χ0) is 16.8. The number of rotatable bonds is 8. The summed E-state index contributed by atoms with van der Waals surface area (Å²) < 4.78 is 29.0. The van der Waals surface area contributed by atoms with Crippen molar-refractivity contribution in [2.24, 2.45) is 10.9 Å². The van der Waals surface area contributed by atoms with Gasteiger partial charge < -0.3 is 15.0 Å². The number of nitrogens with zero attached hydrogens (tertiary/aromatic N) is 2. The summed E-state index contributed by atoms with van der Waals surface area (Å²) in [6.07, 6.45) is 2.59. The van der Waals surface area contributed by atoms with Gasteiger partial charge in [-0.3, -0.25) is 4.99 Å². The summed E-state index contributed by atoms with van der Waals surface area (Å²) in [5.41, 5.74) is 0. The third-order valence-corrected chi connectivity index (χ3v) is 6.39. The molecule has 6 nitrogen and oxygen atoms in total. The highest BCUT2D eigenvalue weighted by atomic mass is 32.2. The van der Waals surface area contributed by atoms with E-state index >= 15 is 0 Å². The molecule has 0 radical (unpaired) electrons. The van der Waals surface area contributed by atoms with E-state index in [9.17, 15) is 8.42 Å². The molecule has 0 heterocycles. The summed E-state index contributed by atoms with van der Waals surface area (Å²) >= 11 is 0. The van der Waals surface area contributed by atoms with Gasteiger partial charge in [-0.05, 0) is 39.5 Å². The van der Waals surface area contributed by atoms with Crippen LogP contribution >= 0.6 is 0 Å². The van der Waals surface area contributed by atoms with Crippen LogP contribution in [0.15, 0.2) is 4.99 Å². The van der Waals surface area contributed by atoms with Crippen molar-refractivity contribution in [2.45, 2.75) is 38.4 Å². The number of ether oxygens (including phenoxy) is 1. The van der Waals surface area contributed by atoms with Crippen LogP contribution in [-0.4, -0.2) is 70.2 Å². The van der Waals surface area contributed by atoms with E-state index in [1.54, 1.807) is 27.8 Å².